The van der Waals surface area contributed by atoms with Crippen LogP contribution in [0.2, 0.25) is 0 Å². The van der Waals surface area contributed by atoms with Gasteiger partial charge in [0, 0.05) is 19.3 Å². The van der Waals surface area contributed by atoms with Crippen molar-refractivity contribution in [1.29, 1.82) is 0 Å². The molecule has 6 nitrogen and oxygen atoms in total. The lowest BCUT2D eigenvalue weighted by Crippen LogP contribution is -2.30. The predicted molar refractivity (Wildman–Crippen MR) is 252 cm³/mol. The maximum atomic E-state index is 12.8. The van der Waals surface area contributed by atoms with Crippen LogP contribution in [0.4, 0.5) is 0 Å². The van der Waals surface area contributed by atoms with Crippen LogP contribution < -0.4 is 0 Å². The second-order valence-corrected chi connectivity index (χ2v) is 18.2. The summed E-state index contributed by atoms with van der Waals surface area (Å²) in [5, 5.41) is 0. The lowest BCUT2D eigenvalue weighted by molar-refractivity contribution is -0.167. The van der Waals surface area contributed by atoms with E-state index in [0.29, 0.717) is 19.3 Å². The Morgan fingerprint density at radius 3 is 0.678 bits per heavy atom. The largest absolute Gasteiger partial charge is 0.462 e. The van der Waals surface area contributed by atoms with Crippen LogP contribution in [-0.2, 0) is 28.6 Å². The summed E-state index contributed by atoms with van der Waals surface area (Å²) in [6.45, 7) is 6.65. The van der Waals surface area contributed by atoms with Crippen molar-refractivity contribution in [2.45, 2.75) is 309 Å². The molecule has 0 amide bonds. The minimum Gasteiger partial charge on any atom is -0.462 e. The maximum Gasteiger partial charge on any atom is 0.306 e. The minimum atomic E-state index is -0.758. The highest BCUT2D eigenvalue weighted by molar-refractivity contribution is 5.71. The second kappa shape index (κ2) is 49.1. The van der Waals surface area contributed by atoms with Gasteiger partial charge in [-0.25, -0.2) is 0 Å². The molecule has 0 aliphatic carbocycles. The molecule has 0 radical (unpaired) electrons. The number of ether oxygens (including phenoxy) is 3. The number of unbranched alkanes of at least 4 members (excludes halogenated alkanes) is 38. The van der Waals surface area contributed by atoms with Crippen LogP contribution in [0.1, 0.15) is 303 Å². The summed E-state index contributed by atoms with van der Waals surface area (Å²) in [7, 11) is 0. The van der Waals surface area contributed by atoms with Crippen molar-refractivity contribution in [3.63, 3.8) is 0 Å². The van der Waals surface area contributed by atoms with Crippen molar-refractivity contribution in [3.05, 3.63) is 0 Å². The lowest BCUT2D eigenvalue weighted by atomic mass is 10.0. The van der Waals surface area contributed by atoms with Crippen LogP contribution in [0, 0.1) is 0 Å². The molecule has 0 bridgehead atoms. The van der Waals surface area contributed by atoms with E-state index in [1.807, 2.05) is 0 Å². The Kier molecular flexibility index (Phi) is 47.7. The molecule has 0 rings (SSSR count). The molecule has 350 valence electrons. The highest BCUT2D eigenvalue weighted by atomic mass is 16.6. The van der Waals surface area contributed by atoms with Gasteiger partial charge in [0.15, 0.2) is 6.10 Å². The van der Waals surface area contributed by atoms with Crippen LogP contribution in [0.5, 0.6) is 0 Å². The normalized spacial score (nSPS) is 11.8. The molecule has 0 unspecified atom stereocenters. The van der Waals surface area contributed by atoms with Crippen LogP contribution in [0.3, 0.4) is 0 Å². The fourth-order valence-corrected chi connectivity index (χ4v) is 8.09. The summed E-state index contributed by atoms with van der Waals surface area (Å²) in [5.41, 5.74) is 0. The van der Waals surface area contributed by atoms with Gasteiger partial charge >= 0.3 is 17.9 Å². The van der Waals surface area contributed by atoms with Crippen molar-refractivity contribution in [2.75, 3.05) is 13.2 Å². The topological polar surface area (TPSA) is 78.9 Å². The molecule has 0 aliphatic rings. The summed E-state index contributed by atoms with van der Waals surface area (Å²) >= 11 is 0. The van der Waals surface area contributed by atoms with Crippen molar-refractivity contribution >= 4 is 17.9 Å². The van der Waals surface area contributed by atoms with E-state index in [-0.39, 0.29) is 31.1 Å². The number of hydrogen-bond donors (Lipinski definition) is 0. The third-order valence-electron chi connectivity index (χ3n) is 12.1. The molecular formula is C53H102O6. The van der Waals surface area contributed by atoms with Crippen molar-refractivity contribution < 1.29 is 28.6 Å². The molecule has 0 aromatic rings. The SMILES string of the molecule is CCCCCCCCCCCCCCCCCCCCCC(=O)OC[C@@H](COC(=O)CCCCCCCCC)OC(=O)CCCCCCCCCCCCCCCCC. The summed E-state index contributed by atoms with van der Waals surface area (Å²) in [6, 6.07) is 0. The molecule has 0 N–H and O–H groups in total. The molecule has 0 heterocycles. The van der Waals surface area contributed by atoms with Gasteiger partial charge in [-0.2, -0.15) is 0 Å². The molecule has 59 heavy (non-hydrogen) atoms. The maximum absolute atomic E-state index is 12.8. The molecule has 6 heteroatoms. The van der Waals surface area contributed by atoms with Gasteiger partial charge in [-0.15, -0.1) is 0 Å². The zero-order valence-corrected chi connectivity index (χ0v) is 40.1. The molecule has 0 aliphatic heterocycles. The minimum absolute atomic E-state index is 0.0622. The Morgan fingerprint density at radius 1 is 0.271 bits per heavy atom. The molecular weight excluding hydrogens is 733 g/mol. The standard InChI is InChI=1S/C53H102O6/c1-4-7-10-13-16-18-20-22-24-25-26-27-29-30-32-34-37-40-43-46-52(55)58-49-50(48-57-51(54)45-42-39-36-15-12-9-6-3)59-53(56)47-44-41-38-35-33-31-28-23-21-19-17-14-11-8-5-2/h50H,4-49H2,1-3H3/t50-/m1/s1. The van der Waals surface area contributed by atoms with Crippen molar-refractivity contribution in [3.8, 4) is 0 Å². The van der Waals surface area contributed by atoms with E-state index in [9.17, 15) is 14.4 Å². The molecule has 0 saturated carbocycles. The zero-order chi connectivity index (χ0) is 43.0. The smallest absolute Gasteiger partial charge is 0.306 e. The number of carbonyl (C=O) groups excluding carboxylic acids is 3. The van der Waals surface area contributed by atoms with E-state index in [2.05, 4.69) is 20.8 Å². The number of rotatable bonds is 49. The summed E-state index contributed by atoms with van der Waals surface area (Å²) in [5.74, 6) is -0.847. The first-order valence-electron chi connectivity index (χ1n) is 26.5. The molecule has 0 aromatic heterocycles. The molecule has 0 spiro atoms. The Morgan fingerprint density at radius 2 is 0.458 bits per heavy atom. The predicted octanol–water partition coefficient (Wildman–Crippen LogP) is 17.2. The lowest BCUT2D eigenvalue weighted by Gasteiger charge is -2.18. The van der Waals surface area contributed by atoms with Crippen LogP contribution in [-0.4, -0.2) is 37.2 Å². The Balaban J connectivity index is 4.16. The molecule has 1 atom stereocenters. The van der Waals surface area contributed by atoms with Crippen molar-refractivity contribution in [2.24, 2.45) is 0 Å². The Hall–Kier alpha value is -1.59. The first-order chi connectivity index (χ1) is 29.0. The van der Waals surface area contributed by atoms with Gasteiger partial charge in [-0.3, -0.25) is 14.4 Å². The van der Waals surface area contributed by atoms with Crippen LogP contribution >= 0.6 is 0 Å². The van der Waals surface area contributed by atoms with E-state index in [1.165, 1.54) is 205 Å². The van der Waals surface area contributed by atoms with E-state index in [0.717, 1.165) is 57.8 Å². The van der Waals surface area contributed by atoms with E-state index < -0.39 is 6.10 Å². The monoisotopic (exact) mass is 835 g/mol. The average Bonchev–Trinajstić information content (AvgIpc) is 3.23. The number of hydrogen-bond acceptors (Lipinski definition) is 6. The Bertz CT molecular complexity index is 874. The fourth-order valence-electron chi connectivity index (χ4n) is 8.09. The second-order valence-electron chi connectivity index (χ2n) is 18.2. The Labute approximate surface area is 368 Å². The average molecular weight is 835 g/mol. The van der Waals surface area contributed by atoms with E-state index in [4.69, 9.17) is 14.2 Å². The highest BCUT2D eigenvalue weighted by Crippen LogP contribution is 2.17. The summed E-state index contributed by atoms with van der Waals surface area (Å²) in [4.78, 5) is 37.8. The van der Waals surface area contributed by atoms with Gasteiger partial charge in [0.1, 0.15) is 13.2 Å². The molecule has 0 fully saturated rings. The van der Waals surface area contributed by atoms with Crippen molar-refractivity contribution in [1.82, 2.24) is 0 Å². The first-order valence-corrected chi connectivity index (χ1v) is 26.5. The third-order valence-corrected chi connectivity index (χ3v) is 12.1. The van der Waals surface area contributed by atoms with Gasteiger partial charge in [-0.05, 0) is 19.3 Å². The summed E-state index contributed by atoms with van der Waals surface area (Å²) < 4.78 is 16.8. The van der Waals surface area contributed by atoms with E-state index in [1.54, 1.807) is 0 Å². The zero-order valence-electron chi connectivity index (χ0n) is 40.1. The molecule has 0 saturated heterocycles. The highest BCUT2D eigenvalue weighted by Gasteiger charge is 2.19. The fraction of sp³-hybridized carbons (Fsp3) is 0.943. The van der Waals surface area contributed by atoms with Crippen LogP contribution in [0.15, 0.2) is 0 Å². The first kappa shape index (κ1) is 57.4. The molecule has 0 aromatic carbocycles. The van der Waals surface area contributed by atoms with Crippen LogP contribution in [0.25, 0.3) is 0 Å². The van der Waals surface area contributed by atoms with Gasteiger partial charge < -0.3 is 14.2 Å². The quantitative estimate of drug-likeness (QED) is 0.0345. The van der Waals surface area contributed by atoms with Gasteiger partial charge in [0.2, 0.25) is 0 Å². The van der Waals surface area contributed by atoms with Gasteiger partial charge in [0.25, 0.3) is 0 Å². The number of carbonyl (C=O) groups is 3. The van der Waals surface area contributed by atoms with E-state index >= 15 is 0 Å². The number of esters is 3. The summed E-state index contributed by atoms with van der Waals surface area (Å²) in [6.07, 6.45) is 52.5. The van der Waals surface area contributed by atoms with Gasteiger partial charge in [-0.1, -0.05) is 265 Å². The van der Waals surface area contributed by atoms with Gasteiger partial charge in [0.05, 0.1) is 0 Å². The third kappa shape index (κ3) is 47.3.